The van der Waals surface area contributed by atoms with Crippen LogP contribution in [0.2, 0.25) is 0 Å². The Kier molecular flexibility index (Phi) is 7.22. The topological polar surface area (TPSA) is 94.5 Å². The lowest BCUT2D eigenvalue weighted by molar-refractivity contribution is -0.120. The van der Waals surface area contributed by atoms with Crippen LogP contribution in [0.25, 0.3) is 0 Å². The van der Waals surface area contributed by atoms with Gasteiger partial charge in [0.05, 0.1) is 26.5 Å². The number of aryl methyl sites for hydroxylation is 3. The maximum atomic E-state index is 12.2. The van der Waals surface area contributed by atoms with Crippen molar-refractivity contribution >= 4 is 11.8 Å². The monoisotopic (exact) mass is 374 g/mol. The van der Waals surface area contributed by atoms with Gasteiger partial charge in [-0.15, -0.1) is 0 Å². The maximum Gasteiger partial charge on any atom is 0.251 e. The van der Waals surface area contributed by atoms with Gasteiger partial charge >= 0.3 is 0 Å². The zero-order valence-corrected chi connectivity index (χ0v) is 16.2. The molecule has 0 saturated carbocycles. The minimum atomic E-state index is -0.353. The van der Waals surface area contributed by atoms with E-state index in [1.165, 1.54) is 14.2 Å². The van der Waals surface area contributed by atoms with E-state index in [0.29, 0.717) is 23.6 Å². The Balaban J connectivity index is 1.73. The van der Waals surface area contributed by atoms with Crippen LogP contribution in [-0.4, -0.2) is 48.9 Å². The van der Waals surface area contributed by atoms with Crippen molar-refractivity contribution in [2.75, 3.05) is 27.3 Å². The summed E-state index contributed by atoms with van der Waals surface area (Å²) in [6, 6.07) is 6.85. The molecule has 8 nitrogen and oxygen atoms in total. The Morgan fingerprint density at radius 1 is 1.07 bits per heavy atom. The van der Waals surface area contributed by atoms with Crippen LogP contribution in [0.15, 0.2) is 24.3 Å². The summed E-state index contributed by atoms with van der Waals surface area (Å²) in [6.07, 6.45) is 0.761. The van der Waals surface area contributed by atoms with E-state index in [0.717, 1.165) is 24.4 Å². The molecule has 2 rings (SSSR count). The molecule has 2 aromatic rings. The van der Waals surface area contributed by atoms with Crippen molar-refractivity contribution in [1.82, 2.24) is 20.4 Å². The molecule has 1 aromatic carbocycles. The van der Waals surface area contributed by atoms with E-state index >= 15 is 0 Å². The third-order valence-electron chi connectivity index (χ3n) is 4.03. The normalized spacial score (nSPS) is 10.4. The minimum absolute atomic E-state index is 0.0902. The van der Waals surface area contributed by atoms with Gasteiger partial charge in [0.1, 0.15) is 0 Å². The van der Waals surface area contributed by atoms with Crippen LogP contribution in [0.1, 0.15) is 28.2 Å². The second kappa shape index (κ2) is 9.61. The molecule has 0 unspecified atom stereocenters. The molecule has 146 valence electrons. The number of carbonyl (C=O) groups excluding carboxylic acids is 2. The number of nitrogens with one attached hydrogen (secondary N) is 2. The van der Waals surface area contributed by atoms with Gasteiger partial charge in [0.2, 0.25) is 5.91 Å². The van der Waals surface area contributed by atoms with Gasteiger partial charge in [-0.3, -0.25) is 14.3 Å². The summed E-state index contributed by atoms with van der Waals surface area (Å²) in [5.41, 5.74) is 2.47. The van der Waals surface area contributed by atoms with Crippen LogP contribution in [-0.2, 0) is 11.3 Å². The number of benzene rings is 1. The first kappa shape index (κ1) is 20.3. The summed E-state index contributed by atoms with van der Waals surface area (Å²) < 4.78 is 12.2. The summed E-state index contributed by atoms with van der Waals surface area (Å²) in [5.74, 6) is 0.402. The number of ether oxygens (including phenoxy) is 2. The van der Waals surface area contributed by atoms with Gasteiger partial charge in [-0.2, -0.15) is 5.10 Å². The van der Waals surface area contributed by atoms with Crippen molar-refractivity contribution in [3.8, 4) is 11.5 Å². The first-order valence-electron chi connectivity index (χ1n) is 8.72. The summed E-state index contributed by atoms with van der Waals surface area (Å²) in [7, 11) is 3.02. The molecule has 0 aliphatic carbocycles. The lowest BCUT2D eigenvalue weighted by Crippen LogP contribution is -2.37. The Morgan fingerprint density at radius 2 is 1.81 bits per heavy atom. The predicted octanol–water partition coefficient (Wildman–Crippen LogP) is 1.45. The average Bonchev–Trinajstić information content (AvgIpc) is 2.99. The minimum Gasteiger partial charge on any atom is -0.493 e. The van der Waals surface area contributed by atoms with Gasteiger partial charge in [-0.05, 0) is 44.5 Å². The van der Waals surface area contributed by atoms with Crippen molar-refractivity contribution in [3.63, 3.8) is 0 Å². The lowest BCUT2D eigenvalue weighted by atomic mass is 10.2. The average molecular weight is 374 g/mol. The Morgan fingerprint density at radius 3 is 2.44 bits per heavy atom. The third-order valence-corrected chi connectivity index (χ3v) is 4.03. The fourth-order valence-electron chi connectivity index (χ4n) is 2.66. The molecule has 0 fully saturated rings. The highest BCUT2D eigenvalue weighted by Crippen LogP contribution is 2.27. The zero-order chi connectivity index (χ0) is 19.8. The van der Waals surface area contributed by atoms with Crippen LogP contribution in [0.3, 0.4) is 0 Å². The zero-order valence-electron chi connectivity index (χ0n) is 16.2. The molecule has 0 aliphatic heterocycles. The summed E-state index contributed by atoms with van der Waals surface area (Å²) in [6.45, 7) is 5.11. The number of hydrogen-bond donors (Lipinski definition) is 2. The van der Waals surface area contributed by atoms with Crippen molar-refractivity contribution in [2.45, 2.75) is 26.8 Å². The molecule has 8 heteroatoms. The number of aromatic nitrogens is 2. The third kappa shape index (κ3) is 5.73. The Bertz CT molecular complexity index is 801. The van der Waals surface area contributed by atoms with Gasteiger partial charge in [-0.1, -0.05) is 0 Å². The predicted molar refractivity (Wildman–Crippen MR) is 101 cm³/mol. The second-order valence-electron chi connectivity index (χ2n) is 6.11. The van der Waals surface area contributed by atoms with E-state index in [2.05, 4.69) is 15.7 Å². The summed E-state index contributed by atoms with van der Waals surface area (Å²) in [4.78, 5) is 24.1. The van der Waals surface area contributed by atoms with Crippen LogP contribution in [0, 0.1) is 13.8 Å². The van der Waals surface area contributed by atoms with Gasteiger partial charge in [0.25, 0.3) is 5.91 Å². The smallest absolute Gasteiger partial charge is 0.251 e. The first-order valence-corrected chi connectivity index (χ1v) is 8.72. The standard InChI is InChI=1S/C19H26N4O4/c1-13-10-14(2)23(22-13)9-5-8-20-18(24)12-21-19(25)15-6-7-16(26-3)17(11-15)27-4/h6-7,10-11H,5,8-9,12H2,1-4H3,(H,20,24)(H,21,25). The Labute approximate surface area is 158 Å². The highest BCUT2D eigenvalue weighted by molar-refractivity contribution is 5.97. The highest BCUT2D eigenvalue weighted by atomic mass is 16.5. The molecule has 0 aliphatic rings. The fourth-order valence-corrected chi connectivity index (χ4v) is 2.66. The number of methoxy groups -OCH3 is 2. The van der Waals surface area contributed by atoms with Crippen molar-refractivity contribution in [3.05, 3.63) is 41.2 Å². The largest absolute Gasteiger partial charge is 0.493 e. The van der Waals surface area contributed by atoms with Gasteiger partial charge in [0.15, 0.2) is 11.5 Å². The number of nitrogens with zero attached hydrogens (tertiary/aromatic N) is 2. The van der Waals surface area contributed by atoms with E-state index < -0.39 is 0 Å². The van der Waals surface area contributed by atoms with Gasteiger partial charge < -0.3 is 20.1 Å². The molecular weight excluding hydrogens is 348 g/mol. The molecule has 0 saturated heterocycles. The van der Waals surface area contributed by atoms with E-state index in [1.807, 2.05) is 24.6 Å². The van der Waals surface area contributed by atoms with E-state index in [9.17, 15) is 9.59 Å². The van der Waals surface area contributed by atoms with Crippen molar-refractivity contribution < 1.29 is 19.1 Å². The maximum absolute atomic E-state index is 12.2. The molecule has 0 bridgehead atoms. The number of hydrogen-bond acceptors (Lipinski definition) is 5. The van der Waals surface area contributed by atoms with Gasteiger partial charge in [-0.25, -0.2) is 0 Å². The lowest BCUT2D eigenvalue weighted by Gasteiger charge is -2.10. The SMILES string of the molecule is COc1ccc(C(=O)NCC(=O)NCCCn2nc(C)cc2C)cc1OC. The van der Waals surface area contributed by atoms with Crippen LogP contribution in [0.5, 0.6) is 11.5 Å². The number of carbonyl (C=O) groups is 2. The van der Waals surface area contributed by atoms with Crippen LogP contribution < -0.4 is 20.1 Å². The molecule has 0 atom stereocenters. The number of rotatable bonds is 9. The quantitative estimate of drug-likeness (QED) is 0.648. The van der Waals surface area contributed by atoms with Crippen molar-refractivity contribution in [2.24, 2.45) is 0 Å². The molecule has 2 amide bonds. The van der Waals surface area contributed by atoms with Crippen LogP contribution in [0.4, 0.5) is 0 Å². The molecule has 0 spiro atoms. The van der Waals surface area contributed by atoms with E-state index in [1.54, 1.807) is 18.2 Å². The highest BCUT2D eigenvalue weighted by Gasteiger charge is 2.12. The fraction of sp³-hybridized carbons (Fsp3) is 0.421. The Hall–Kier alpha value is -3.03. The molecule has 1 aromatic heterocycles. The first-order chi connectivity index (χ1) is 12.9. The van der Waals surface area contributed by atoms with E-state index in [4.69, 9.17) is 9.47 Å². The molecule has 0 radical (unpaired) electrons. The van der Waals surface area contributed by atoms with Crippen molar-refractivity contribution in [1.29, 1.82) is 0 Å². The molecule has 27 heavy (non-hydrogen) atoms. The molecule has 2 N–H and O–H groups in total. The summed E-state index contributed by atoms with van der Waals surface area (Å²) in [5, 5.41) is 9.76. The number of amides is 2. The summed E-state index contributed by atoms with van der Waals surface area (Å²) >= 11 is 0. The second-order valence-corrected chi connectivity index (χ2v) is 6.11. The molecular formula is C19H26N4O4. The van der Waals surface area contributed by atoms with E-state index in [-0.39, 0.29) is 18.4 Å². The molecule has 1 heterocycles. The van der Waals surface area contributed by atoms with Crippen LogP contribution >= 0.6 is 0 Å². The van der Waals surface area contributed by atoms with Gasteiger partial charge in [0, 0.05) is 24.3 Å².